The number of hydrogen-bond donors (Lipinski definition) is 1. The third-order valence-corrected chi connectivity index (χ3v) is 4.87. The predicted octanol–water partition coefficient (Wildman–Crippen LogP) is 3.36. The summed E-state index contributed by atoms with van der Waals surface area (Å²) >= 11 is 5.41. The third kappa shape index (κ3) is 3.98. The Hall–Kier alpha value is -0.0300. The Bertz CT molecular complexity index is 355. The first kappa shape index (κ1) is 13.4. The van der Waals surface area contributed by atoms with Crippen molar-refractivity contribution in [2.24, 2.45) is 5.73 Å². The van der Waals surface area contributed by atoms with Gasteiger partial charge in [-0.1, -0.05) is 28.1 Å². The first-order chi connectivity index (χ1) is 8.29. The van der Waals surface area contributed by atoms with Gasteiger partial charge in [0.1, 0.15) is 0 Å². The van der Waals surface area contributed by atoms with Gasteiger partial charge in [0, 0.05) is 28.6 Å². The third-order valence-electron chi connectivity index (χ3n) is 2.94. The molecule has 17 heavy (non-hydrogen) atoms. The van der Waals surface area contributed by atoms with E-state index in [2.05, 4.69) is 34.1 Å². The normalized spacial score (nSPS) is 21.6. The second-order valence-corrected chi connectivity index (χ2v) is 6.40. The highest BCUT2D eigenvalue weighted by Crippen LogP contribution is 2.31. The minimum absolute atomic E-state index is 0.372. The van der Waals surface area contributed by atoms with Crippen LogP contribution < -0.4 is 5.73 Å². The molecule has 2 nitrogen and oxygen atoms in total. The second-order valence-electron chi connectivity index (χ2n) is 4.25. The average molecular weight is 316 g/mol. The second kappa shape index (κ2) is 6.78. The Balaban J connectivity index is 1.91. The molecule has 2 N–H and O–H groups in total. The first-order valence-electron chi connectivity index (χ1n) is 5.98. The van der Waals surface area contributed by atoms with E-state index in [0.717, 1.165) is 16.8 Å². The summed E-state index contributed by atoms with van der Waals surface area (Å²) in [5.74, 6) is 1.05. The molecule has 1 aromatic carbocycles. The highest BCUT2D eigenvalue weighted by Gasteiger charge is 2.18. The van der Waals surface area contributed by atoms with Crippen LogP contribution in [0.5, 0.6) is 0 Å². The van der Waals surface area contributed by atoms with Crippen LogP contribution in [0.1, 0.15) is 23.7 Å². The lowest BCUT2D eigenvalue weighted by Gasteiger charge is -2.17. The van der Waals surface area contributed by atoms with Crippen LogP contribution in [0.15, 0.2) is 28.7 Å². The van der Waals surface area contributed by atoms with Crippen molar-refractivity contribution in [3.63, 3.8) is 0 Å². The fourth-order valence-corrected chi connectivity index (χ4v) is 3.61. The quantitative estimate of drug-likeness (QED) is 0.905. The fraction of sp³-hybridized carbons (Fsp3) is 0.538. The molecule has 94 valence electrons. The molecule has 2 unspecified atom stereocenters. The lowest BCUT2D eigenvalue weighted by Crippen LogP contribution is -2.14. The zero-order valence-electron chi connectivity index (χ0n) is 9.77. The summed E-state index contributed by atoms with van der Waals surface area (Å²) in [6, 6.07) is 8.40. The standard InChI is InChI=1S/C13H18BrNOS/c14-11-4-1-3-10(7-11)13(8-15)17-9-12-5-2-6-16-12/h1,3-4,7,12-13H,2,5-6,8-9,15H2. The van der Waals surface area contributed by atoms with Gasteiger partial charge in [-0.2, -0.15) is 0 Å². The largest absolute Gasteiger partial charge is 0.377 e. The van der Waals surface area contributed by atoms with Gasteiger partial charge in [-0.25, -0.2) is 0 Å². The molecule has 1 aliphatic rings. The molecule has 1 saturated heterocycles. The van der Waals surface area contributed by atoms with Crippen LogP contribution in [0.25, 0.3) is 0 Å². The molecule has 0 aliphatic carbocycles. The van der Waals surface area contributed by atoms with Crippen LogP contribution in [-0.4, -0.2) is 25.0 Å². The Kier molecular flexibility index (Phi) is 5.35. The van der Waals surface area contributed by atoms with E-state index in [-0.39, 0.29) is 0 Å². The van der Waals surface area contributed by atoms with Gasteiger partial charge in [0.05, 0.1) is 6.10 Å². The van der Waals surface area contributed by atoms with E-state index in [1.807, 2.05) is 17.8 Å². The van der Waals surface area contributed by atoms with Crippen molar-refractivity contribution >= 4 is 27.7 Å². The Morgan fingerprint density at radius 1 is 1.53 bits per heavy atom. The van der Waals surface area contributed by atoms with Gasteiger partial charge in [0.2, 0.25) is 0 Å². The van der Waals surface area contributed by atoms with Gasteiger partial charge in [-0.3, -0.25) is 0 Å². The number of ether oxygens (including phenoxy) is 1. The molecule has 0 saturated carbocycles. The van der Waals surface area contributed by atoms with Crippen molar-refractivity contribution in [2.75, 3.05) is 18.9 Å². The van der Waals surface area contributed by atoms with Gasteiger partial charge in [0.15, 0.2) is 0 Å². The first-order valence-corrected chi connectivity index (χ1v) is 7.82. The predicted molar refractivity (Wildman–Crippen MR) is 77.4 cm³/mol. The van der Waals surface area contributed by atoms with Crippen LogP contribution in [0.2, 0.25) is 0 Å². The van der Waals surface area contributed by atoms with E-state index in [0.29, 0.717) is 17.9 Å². The van der Waals surface area contributed by atoms with Crippen molar-refractivity contribution in [1.82, 2.24) is 0 Å². The van der Waals surface area contributed by atoms with Gasteiger partial charge in [0.25, 0.3) is 0 Å². The lowest BCUT2D eigenvalue weighted by molar-refractivity contribution is 0.129. The molecule has 4 heteroatoms. The van der Waals surface area contributed by atoms with E-state index < -0.39 is 0 Å². The summed E-state index contributed by atoms with van der Waals surface area (Å²) in [5.41, 5.74) is 7.16. The molecular formula is C13H18BrNOS. The zero-order chi connectivity index (χ0) is 12.1. The number of nitrogens with two attached hydrogens (primary N) is 1. The van der Waals surface area contributed by atoms with Crippen molar-refractivity contribution < 1.29 is 4.74 Å². The van der Waals surface area contributed by atoms with E-state index in [1.165, 1.54) is 18.4 Å². The number of rotatable bonds is 5. The Morgan fingerprint density at radius 3 is 3.06 bits per heavy atom. The van der Waals surface area contributed by atoms with Crippen molar-refractivity contribution in [3.8, 4) is 0 Å². The number of halogens is 1. The number of thioether (sulfide) groups is 1. The number of hydrogen-bond acceptors (Lipinski definition) is 3. The van der Waals surface area contributed by atoms with E-state index in [1.54, 1.807) is 0 Å². The molecule has 1 heterocycles. The molecule has 2 rings (SSSR count). The molecule has 0 amide bonds. The topological polar surface area (TPSA) is 35.2 Å². The summed E-state index contributed by atoms with van der Waals surface area (Å²) in [7, 11) is 0. The average Bonchev–Trinajstić information content (AvgIpc) is 2.83. The molecule has 1 aromatic rings. The van der Waals surface area contributed by atoms with E-state index in [9.17, 15) is 0 Å². The summed E-state index contributed by atoms with van der Waals surface area (Å²) in [4.78, 5) is 0. The van der Waals surface area contributed by atoms with Crippen LogP contribution in [-0.2, 0) is 4.74 Å². The van der Waals surface area contributed by atoms with Gasteiger partial charge >= 0.3 is 0 Å². The van der Waals surface area contributed by atoms with E-state index in [4.69, 9.17) is 10.5 Å². The molecular weight excluding hydrogens is 298 g/mol. The maximum Gasteiger partial charge on any atom is 0.0666 e. The fourth-order valence-electron chi connectivity index (χ4n) is 2.01. The Labute approximate surface area is 115 Å². The summed E-state index contributed by atoms with van der Waals surface area (Å²) in [6.07, 6.45) is 2.83. The highest BCUT2D eigenvalue weighted by atomic mass is 79.9. The molecule has 0 radical (unpaired) electrons. The smallest absolute Gasteiger partial charge is 0.0666 e. The van der Waals surface area contributed by atoms with Crippen LogP contribution in [0.4, 0.5) is 0 Å². The van der Waals surface area contributed by atoms with Crippen molar-refractivity contribution in [2.45, 2.75) is 24.2 Å². The molecule has 1 aliphatic heterocycles. The highest BCUT2D eigenvalue weighted by molar-refractivity contribution is 9.10. The lowest BCUT2D eigenvalue weighted by atomic mass is 10.1. The minimum atomic E-state index is 0.372. The van der Waals surface area contributed by atoms with Gasteiger partial charge in [-0.05, 0) is 30.5 Å². The maximum atomic E-state index is 5.86. The van der Waals surface area contributed by atoms with Crippen LogP contribution in [0, 0.1) is 0 Å². The number of benzene rings is 1. The minimum Gasteiger partial charge on any atom is -0.377 e. The van der Waals surface area contributed by atoms with Gasteiger partial charge < -0.3 is 10.5 Å². The molecule has 1 fully saturated rings. The summed E-state index contributed by atoms with van der Waals surface area (Å²) in [6.45, 7) is 1.60. The zero-order valence-corrected chi connectivity index (χ0v) is 12.2. The van der Waals surface area contributed by atoms with Gasteiger partial charge in [-0.15, -0.1) is 11.8 Å². The Morgan fingerprint density at radius 2 is 2.41 bits per heavy atom. The summed E-state index contributed by atoms with van der Waals surface area (Å²) in [5, 5.41) is 0.372. The van der Waals surface area contributed by atoms with Crippen molar-refractivity contribution in [3.05, 3.63) is 34.3 Å². The van der Waals surface area contributed by atoms with Crippen LogP contribution >= 0.6 is 27.7 Å². The molecule has 0 spiro atoms. The molecule has 0 aromatic heterocycles. The van der Waals surface area contributed by atoms with Crippen LogP contribution in [0.3, 0.4) is 0 Å². The SMILES string of the molecule is NCC(SCC1CCCO1)c1cccc(Br)c1. The summed E-state index contributed by atoms with van der Waals surface area (Å²) < 4.78 is 6.75. The molecule has 2 atom stereocenters. The monoisotopic (exact) mass is 315 g/mol. The van der Waals surface area contributed by atoms with E-state index >= 15 is 0 Å². The maximum absolute atomic E-state index is 5.86. The molecule has 0 bridgehead atoms. The van der Waals surface area contributed by atoms with Crippen molar-refractivity contribution in [1.29, 1.82) is 0 Å².